The summed E-state index contributed by atoms with van der Waals surface area (Å²) in [5, 5.41) is 0. The molecule has 0 saturated carbocycles. The third-order valence-electron chi connectivity index (χ3n) is 2.25. The molecule has 0 aromatic heterocycles. The largest absolute Gasteiger partial charge is 0.487 e. The number of nitrogens with two attached hydrogens (primary N) is 1. The number of nitrogen functional groups attached to an aromatic ring is 1. The van der Waals surface area contributed by atoms with Crippen LogP contribution in [0.15, 0.2) is 18.2 Å². The number of hydrogen-bond donors (Lipinski definition) is 1. The number of benzene rings is 1. The summed E-state index contributed by atoms with van der Waals surface area (Å²) < 4.78 is 5.66. The molecule has 1 aromatic carbocycles. The van der Waals surface area contributed by atoms with Gasteiger partial charge in [0.05, 0.1) is 12.2 Å². The molecule has 0 aliphatic carbocycles. The summed E-state index contributed by atoms with van der Waals surface area (Å²) in [6, 6.07) is 5.74. The van der Waals surface area contributed by atoms with Crippen molar-refractivity contribution in [2.45, 2.75) is 13.0 Å². The van der Waals surface area contributed by atoms with E-state index < -0.39 is 0 Å². The zero-order valence-corrected chi connectivity index (χ0v) is 7.95. The van der Waals surface area contributed by atoms with E-state index >= 15 is 0 Å². The van der Waals surface area contributed by atoms with Crippen LogP contribution in [0.4, 0.5) is 11.4 Å². The second-order valence-electron chi connectivity index (χ2n) is 3.54. The summed E-state index contributed by atoms with van der Waals surface area (Å²) in [6.07, 6.45) is 0.251. The summed E-state index contributed by atoms with van der Waals surface area (Å²) in [5.41, 5.74) is 7.56. The van der Waals surface area contributed by atoms with Gasteiger partial charge in [-0.15, -0.1) is 0 Å². The molecule has 1 heterocycles. The molecular formula is C10H14N2O. The van der Waals surface area contributed by atoms with E-state index in [9.17, 15) is 0 Å². The highest BCUT2D eigenvalue weighted by molar-refractivity contribution is 5.65. The molecule has 2 rings (SSSR count). The first-order valence-corrected chi connectivity index (χ1v) is 4.44. The standard InChI is InChI=1S/C10H14N2O/c1-7-6-12(2)9-5-8(11)3-4-10(9)13-7/h3-5,7H,6,11H2,1-2H3. The van der Waals surface area contributed by atoms with Crippen LogP contribution in [0.2, 0.25) is 0 Å². The minimum absolute atomic E-state index is 0.251. The van der Waals surface area contributed by atoms with Crippen molar-refractivity contribution in [3.8, 4) is 5.75 Å². The Labute approximate surface area is 78.1 Å². The number of rotatable bonds is 0. The first-order chi connectivity index (χ1) is 6.16. The van der Waals surface area contributed by atoms with E-state index in [0.717, 1.165) is 23.7 Å². The Hall–Kier alpha value is -1.38. The van der Waals surface area contributed by atoms with Crippen LogP contribution in [-0.4, -0.2) is 19.7 Å². The zero-order valence-electron chi connectivity index (χ0n) is 7.95. The number of fused-ring (bicyclic) bond motifs is 1. The van der Waals surface area contributed by atoms with Crippen LogP contribution in [0.3, 0.4) is 0 Å². The average Bonchev–Trinajstić information content (AvgIpc) is 2.06. The third kappa shape index (κ3) is 1.41. The maximum absolute atomic E-state index is 5.70. The van der Waals surface area contributed by atoms with Gasteiger partial charge in [0.2, 0.25) is 0 Å². The van der Waals surface area contributed by atoms with Gasteiger partial charge in [0.15, 0.2) is 0 Å². The van der Waals surface area contributed by atoms with Crippen LogP contribution < -0.4 is 15.4 Å². The SMILES string of the molecule is CC1CN(C)c2cc(N)ccc2O1. The van der Waals surface area contributed by atoms with Crippen LogP contribution >= 0.6 is 0 Å². The second kappa shape index (κ2) is 2.83. The smallest absolute Gasteiger partial charge is 0.143 e. The fourth-order valence-electron chi connectivity index (χ4n) is 1.67. The van der Waals surface area contributed by atoms with Crippen molar-refractivity contribution in [2.24, 2.45) is 0 Å². The first-order valence-electron chi connectivity index (χ1n) is 4.44. The van der Waals surface area contributed by atoms with Crippen LogP contribution in [-0.2, 0) is 0 Å². The Morgan fingerprint density at radius 2 is 2.31 bits per heavy atom. The Morgan fingerprint density at radius 3 is 3.08 bits per heavy atom. The van der Waals surface area contributed by atoms with E-state index in [4.69, 9.17) is 10.5 Å². The highest BCUT2D eigenvalue weighted by Gasteiger charge is 2.19. The van der Waals surface area contributed by atoms with Crippen molar-refractivity contribution in [1.29, 1.82) is 0 Å². The van der Waals surface area contributed by atoms with E-state index in [2.05, 4.69) is 18.9 Å². The summed E-state index contributed by atoms with van der Waals surface area (Å²) in [7, 11) is 2.05. The molecule has 0 saturated heterocycles. The molecular weight excluding hydrogens is 164 g/mol. The molecule has 1 aliphatic rings. The molecule has 0 fully saturated rings. The normalized spacial score (nSPS) is 20.8. The van der Waals surface area contributed by atoms with Crippen LogP contribution in [0, 0.1) is 0 Å². The fourth-order valence-corrected chi connectivity index (χ4v) is 1.67. The van der Waals surface area contributed by atoms with Gasteiger partial charge in [-0.2, -0.15) is 0 Å². The highest BCUT2D eigenvalue weighted by Crippen LogP contribution is 2.33. The maximum Gasteiger partial charge on any atom is 0.143 e. The predicted octanol–water partition coefficient (Wildman–Crippen LogP) is 1.49. The lowest BCUT2D eigenvalue weighted by molar-refractivity contribution is 0.215. The average molecular weight is 178 g/mol. The number of likely N-dealkylation sites (N-methyl/N-ethyl adjacent to an activating group) is 1. The second-order valence-corrected chi connectivity index (χ2v) is 3.54. The first kappa shape index (κ1) is 8.23. The summed E-state index contributed by atoms with van der Waals surface area (Å²) in [5.74, 6) is 0.926. The Bertz CT molecular complexity index is 325. The zero-order chi connectivity index (χ0) is 9.42. The van der Waals surface area contributed by atoms with Gasteiger partial charge in [0.1, 0.15) is 11.9 Å². The lowest BCUT2D eigenvalue weighted by Crippen LogP contribution is -2.35. The van der Waals surface area contributed by atoms with Gasteiger partial charge in [0.25, 0.3) is 0 Å². The fraction of sp³-hybridized carbons (Fsp3) is 0.400. The summed E-state index contributed by atoms with van der Waals surface area (Å²) >= 11 is 0. The minimum atomic E-state index is 0.251. The van der Waals surface area contributed by atoms with E-state index in [1.165, 1.54) is 0 Å². The van der Waals surface area contributed by atoms with Gasteiger partial charge >= 0.3 is 0 Å². The Kier molecular flexibility index (Phi) is 1.79. The highest BCUT2D eigenvalue weighted by atomic mass is 16.5. The van der Waals surface area contributed by atoms with Crippen LogP contribution in [0.1, 0.15) is 6.92 Å². The molecule has 3 heteroatoms. The van der Waals surface area contributed by atoms with Crippen LogP contribution in [0.5, 0.6) is 5.75 Å². The molecule has 3 nitrogen and oxygen atoms in total. The molecule has 0 radical (unpaired) electrons. The van der Waals surface area contributed by atoms with Crippen LogP contribution in [0.25, 0.3) is 0 Å². The molecule has 70 valence electrons. The van der Waals surface area contributed by atoms with Gasteiger partial charge in [-0.1, -0.05) is 0 Å². The predicted molar refractivity (Wildman–Crippen MR) is 54.2 cm³/mol. The summed E-state index contributed by atoms with van der Waals surface area (Å²) in [6.45, 7) is 2.98. The molecule has 1 aliphatic heterocycles. The molecule has 0 spiro atoms. The lowest BCUT2D eigenvalue weighted by atomic mass is 10.2. The molecule has 0 bridgehead atoms. The maximum atomic E-state index is 5.70. The van der Waals surface area contributed by atoms with Gasteiger partial charge in [-0.05, 0) is 25.1 Å². The quantitative estimate of drug-likeness (QED) is 0.612. The molecule has 1 unspecified atom stereocenters. The van der Waals surface area contributed by atoms with E-state index in [0.29, 0.717) is 0 Å². The monoisotopic (exact) mass is 178 g/mol. The number of anilines is 2. The third-order valence-corrected chi connectivity index (χ3v) is 2.25. The molecule has 0 amide bonds. The van der Waals surface area contributed by atoms with E-state index in [1.807, 2.05) is 18.2 Å². The molecule has 13 heavy (non-hydrogen) atoms. The van der Waals surface area contributed by atoms with Crippen molar-refractivity contribution >= 4 is 11.4 Å². The lowest BCUT2D eigenvalue weighted by Gasteiger charge is -2.32. The number of hydrogen-bond acceptors (Lipinski definition) is 3. The van der Waals surface area contributed by atoms with Gasteiger partial charge < -0.3 is 15.4 Å². The van der Waals surface area contributed by atoms with Crippen molar-refractivity contribution < 1.29 is 4.74 Å². The van der Waals surface area contributed by atoms with E-state index in [-0.39, 0.29) is 6.10 Å². The van der Waals surface area contributed by atoms with Crippen molar-refractivity contribution in [3.05, 3.63) is 18.2 Å². The number of nitrogens with zero attached hydrogens (tertiary/aromatic N) is 1. The topological polar surface area (TPSA) is 38.5 Å². The Balaban J connectivity index is 2.43. The van der Waals surface area contributed by atoms with Crippen molar-refractivity contribution in [1.82, 2.24) is 0 Å². The van der Waals surface area contributed by atoms with E-state index in [1.54, 1.807) is 0 Å². The molecule has 1 aromatic rings. The van der Waals surface area contributed by atoms with Crippen molar-refractivity contribution in [2.75, 3.05) is 24.2 Å². The molecule has 1 atom stereocenters. The van der Waals surface area contributed by atoms with Gasteiger partial charge in [-0.25, -0.2) is 0 Å². The minimum Gasteiger partial charge on any atom is -0.487 e. The van der Waals surface area contributed by atoms with Gasteiger partial charge in [0, 0.05) is 12.7 Å². The Morgan fingerprint density at radius 1 is 1.54 bits per heavy atom. The molecule has 2 N–H and O–H groups in total. The summed E-state index contributed by atoms with van der Waals surface area (Å²) in [4.78, 5) is 2.17. The van der Waals surface area contributed by atoms with Gasteiger partial charge in [-0.3, -0.25) is 0 Å². The number of ether oxygens (including phenoxy) is 1. The van der Waals surface area contributed by atoms with Crippen molar-refractivity contribution in [3.63, 3.8) is 0 Å².